The lowest BCUT2D eigenvalue weighted by Gasteiger charge is -2.46. The van der Waals surface area contributed by atoms with Crippen molar-refractivity contribution in [1.29, 1.82) is 0 Å². The monoisotopic (exact) mass is 716 g/mol. The molecule has 0 bridgehead atoms. The number of nitro groups is 1. The van der Waals surface area contributed by atoms with Crippen LogP contribution in [0.2, 0.25) is 0 Å². The number of aliphatic hydroxyl groups excluding tert-OH is 1. The summed E-state index contributed by atoms with van der Waals surface area (Å²) >= 11 is 1.43. The minimum absolute atomic E-state index is 0. The van der Waals surface area contributed by atoms with Gasteiger partial charge in [-0.3, -0.25) is 19.8 Å². The molecule has 0 aromatic heterocycles. The summed E-state index contributed by atoms with van der Waals surface area (Å²) in [7, 11) is 2.20. The number of nitro benzene ring substituents is 1. The number of hydrogen-bond acceptors (Lipinski definition) is 8. The molecule has 2 N–H and O–H groups in total. The molecule has 4 heterocycles. The van der Waals surface area contributed by atoms with Gasteiger partial charge >= 0.3 is 12.1 Å². The number of amides is 2. The van der Waals surface area contributed by atoms with Crippen LogP contribution in [0.3, 0.4) is 0 Å². The van der Waals surface area contributed by atoms with Crippen molar-refractivity contribution in [3.63, 3.8) is 0 Å². The zero-order valence-corrected chi connectivity index (χ0v) is 26.8. The maximum absolute atomic E-state index is 13.4. The third-order valence-corrected chi connectivity index (χ3v) is 10.5. The zero-order chi connectivity index (χ0) is 29.6. The van der Waals surface area contributed by atoms with Gasteiger partial charge in [0.1, 0.15) is 12.3 Å². The van der Waals surface area contributed by atoms with E-state index in [4.69, 9.17) is 4.74 Å². The first-order valence-corrected chi connectivity index (χ1v) is 14.9. The summed E-state index contributed by atoms with van der Waals surface area (Å²) < 4.78 is 6.51. The maximum atomic E-state index is 13.4. The van der Waals surface area contributed by atoms with Crippen LogP contribution in [-0.4, -0.2) is 104 Å². The molecule has 12 nitrogen and oxygen atoms in total. The number of likely N-dealkylation sites (tertiary alicyclic amines) is 2. The second-order valence-electron chi connectivity index (χ2n) is 12.0. The number of β-lactam (4-membered cyclic amide) rings is 1. The molecule has 0 saturated carbocycles. The van der Waals surface area contributed by atoms with Crippen LogP contribution in [0.25, 0.3) is 0 Å². The van der Waals surface area contributed by atoms with Crippen LogP contribution in [-0.2, 0) is 20.9 Å². The number of aliphatic hydroxyl groups is 1. The highest BCUT2D eigenvalue weighted by atomic mass is 127. The van der Waals surface area contributed by atoms with Crippen LogP contribution in [0.5, 0.6) is 0 Å². The standard InChI is InChI=1S/C28H36N4O8S.HI/c1-16-23-22(17(2)33)26(34)30(23)24(27(35)36)25(16)41-21-12-20(14-32(3)10-4-5-11-32)29(13-21)28(37)40-15-18-6-8-19(9-7-18)31(38)39;/h6-9,16-17,20-23,33H,4-5,10-15H2,1-3H3;1H/t16-,17-,20+,21+,22-,23-;/m1./s1. The Balaban J connectivity index is 0.00000405. The van der Waals surface area contributed by atoms with E-state index in [1.807, 2.05) is 6.92 Å². The average molecular weight is 717 g/mol. The first kappa shape index (κ1) is 32.5. The molecule has 1 aromatic rings. The van der Waals surface area contributed by atoms with E-state index in [0.717, 1.165) is 37.0 Å². The molecule has 14 heteroatoms. The van der Waals surface area contributed by atoms with Crippen molar-refractivity contribution in [3.8, 4) is 0 Å². The Morgan fingerprint density at radius 3 is 2.45 bits per heavy atom. The van der Waals surface area contributed by atoms with Gasteiger partial charge in [0.05, 0.1) is 55.7 Å². The SMILES string of the molecule is C[C@@H](O)[C@H]1C(=O)N2C(C(=O)O)=C(S[C@H]3C[C@@H](C[N+]4(C)CCCC4)N(C(=O)OCc4ccc([N+](=O)[O-])cc4)C3)[C@H](C)[C@H]12.[I-]. The minimum Gasteiger partial charge on any atom is -1.00 e. The van der Waals surface area contributed by atoms with Crippen molar-refractivity contribution < 1.29 is 62.7 Å². The van der Waals surface area contributed by atoms with Crippen molar-refractivity contribution in [2.75, 3.05) is 33.2 Å². The van der Waals surface area contributed by atoms with Gasteiger partial charge in [0.2, 0.25) is 5.91 Å². The molecule has 2 amide bonds. The summed E-state index contributed by atoms with van der Waals surface area (Å²) in [5.74, 6) is -2.40. The van der Waals surface area contributed by atoms with Gasteiger partial charge in [0.25, 0.3) is 5.69 Å². The Bertz CT molecular complexity index is 1270. The Morgan fingerprint density at radius 1 is 1.24 bits per heavy atom. The number of carbonyl (C=O) groups is 3. The van der Waals surface area contributed by atoms with Crippen LogP contribution in [0.4, 0.5) is 10.5 Å². The Kier molecular flexibility index (Phi) is 9.79. The summed E-state index contributed by atoms with van der Waals surface area (Å²) in [4.78, 5) is 52.5. The lowest BCUT2D eigenvalue weighted by Crippen LogP contribution is -3.00. The molecular weight excluding hydrogens is 679 g/mol. The lowest BCUT2D eigenvalue weighted by atomic mass is 9.79. The van der Waals surface area contributed by atoms with Crippen molar-refractivity contribution >= 4 is 35.4 Å². The summed E-state index contributed by atoms with van der Waals surface area (Å²) in [6, 6.07) is 5.39. The van der Waals surface area contributed by atoms with Crippen LogP contribution >= 0.6 is 11.8 Å². The number of thioether (sulfide) groups is 1. The number of ether oxygens (including phenoxy) is 1. The number of non-ortho nitro benzene ring substituents is 1. The summed E-state index contributed by atoms with van der Waals surface area (Å²) in [6.07, 6.45) is 1.59. The van der Waals surface area contributed by atoms with Crippen molar-refractivity contribution in [2.45, 2.75) is 63.2 Å². The highest BCUT2D eigenvalue weighted by molar-refractivity contribution is 8.03. The van der Waals surface area contributed by atoms with Gasteiger partial charge in [0.15, 0.2) is 0 Å². The van der Waals surface area contributed by atoms with Gasteiger partial charge in [-0.15, -0.1) is 11.8 Å². The molecule has 5 rings (SSSR count). The smallest absolute Gasteiger partial charge is 0.410 e. The highest BCUT2D eigenvalue weighted by Crippen LogP contribution is 2.52. The second-order valence-corrected chi connectivity index (χ2v) is 13.3. The van der Waals surface area contributed by atoms with E-state index < -0.39 is 29.0 Å². The topological polar surface area (TPSA) is 151 Å². The van der Waals surface area contributed by atoms with Gasteiger partial charge in [-0.25, -0.2) is 9.59 Å². The van der Waals surface area contributed by atoms with Crippen molar-refractivity contribution in [2.24, 2.45) is 11.8 Å². The largest absolute Gasteiger partial charge is 1.00 e. The Labute approximate surface area is 265 Å². The maximum Gasteiger partial charge on any atom is 0.410 e. The number of rotatable bonds is 9. The van der Waals surface area contributed by atoms with Gasteiger partial charge in [-0.1, -0.05) is 6.92 Å². The Hall–Kier alpha value is -2.43. The molecule has 230 valence electrons. The number of aliphatic carboxylic acids is 1. The van der Waals surface area contributed by atoms with E-state index in [1.165, 1.54) is 28.8 Å². The number of carbonyl (C=O) groups excluding carboxylic acids is 2. The Morgan fingerprint density at radius 2 is 1.88 bits per heavy atom. The van der Waals surface area contributed by atoms with Crippen LogP contribution < -0.4 is 24.0 Å². The molecule has 6 atom stereocenters. The van der Waals surface area contributed by atoms with Crippen molar-refractivity contribution in [1.82, 2.24) is 9.80 Å². The van der Waals surface area contributed by atoms with Gasteiger partial charge in [-0.2, -0.15) is 0 Å². The quantitative estimate of drug-likeness (QED) is 0.117. The second kappa shape index (κ2) is 12.7. The minimum atomic E-state index is -1.16. The third kappa shape index (κ3) is 6.13. The molecule has 0 spiro atoms. The molecule has 1 aromatic carbocycles. The van der Waals surface area contributed by atoms with E-state index in [-0.39, 0.29) is 71.1 Å². The molecule has 42 heavy (non-hydrogen) atoms. The van der Waals surface area contributed by atoms with E-state index >= 15 is 0 Å². The number of benzene rings is 1. The molecule has 4 aliphatic rings. The van der Waals surface area contributed by atoms with E-state index in [2.05, 4.69) is 7.05 Å². The average Bonchev–Trinajstić information content (AvgIpc) is 3.58. The summed E-state index contributed by atoms with van der Waals surface area (Å²) in [5.41, 5.74) is 0.593. The number of carboxylic acid groups (broad SMARTS) is 1. The fourth-order valence-electron chi connectivity index (χ4n) is 6.95. The summed E-state index contributed by atoms with van der Waals surface area (Å²) in [6.45, 7) is 6.64. The summed E-state index contributed by atoms with van der Waals surface area (Å²) in [5, 5.41) is 31.0. The fraction of sp³-hybridized carbons (Fsp3) is 0.607. The van der Waals surface area contributed by atoms with Crippen LogP contribution in [0, 0.1) is 22.0 Å². The van der Waals surface area contributed by atoms with E-state index in [9.17, 15) is 34.7 Å². The number of nitrogens with zero attached hydrogens (tertiary/aromatic N) is 4. The third-order valence-electron chi connectivity index (χ3n) is 9.02. The first-order chi connectivity index (χ1) is 19.4. The number of hydrogen-bond donors (Lipinski definition) is 2. The number of carboxylic acids is 1. The van der Waals surface area contributed by atoms with Gasteiger partial charge in [0, 0.05) is 47.6 Å². The molecule has 0 radical (unpaired) electrons. The van der Waals surface area contributed by atoms with E-state index in [1.54, 1.807) is 24.0 Å². The van der Waals surface area contributed by atoms with Crippen LogP contribution in [0.1, 0.15) is 38.7 Å². The predicted octanol–water partition coefficient (Wildman–Crippen LogP) is -0.194. The number of halogens is 1. The normalized spacial score (nSPS) is 28.7. The molecular formula is C28H37IN4O8S. The molecule has 0 unspecified atom stereocenters. The molecule has 3 fully saturated rings. The molecule has 0 aliphatic carbocycles. The highest BCUT2D eigenvalue weighted by Gasteiger charge is 2.60. The molecule has 4 aliphatic heterocycles. The predicted molar refractivity (Wildman–Crippen MR) is 149 cm³/mol. The van der Waals surface area contributed by atoms with Gasteiger partial charge < -0.3 is 48.3 Å². The van der Waals surface area contributed by atoms with Crippen LogP contribution in [0.15, 0.2) is 34.9 Å². The number of fused-ring (bicyclic) bond motifs is 1. The first-order valence-electron chi connectivity index (χ1n) is 14.1. The molecule has 3 saturated heterocycles. The lowest BCUT2D eigenvalue weighted by molar-refractivity contribution is -0.899. The van der Waals surface area contributed by atoms with E-state index in [0.29, 0.717) is 23.4 Å². The van der Waals surface area contributed by atoms with Gasteiger partial charge in [-0.05, 0) is 31.0 Å². The number of quaternary nitrogens is 1. The van der Waals surface area contributed by atoms with Crippen molar-refractivity contribution in [3.05, 3.63) is 50.5 Å². The zero-order valence-electron chi connectivity index (χ0n) is 23.8. The fourth-order valence-corrected chi connectivity index (χ4v) is 8.51. The number of likely N-dealkylation sites (N-methyl/N-ethyl adjacent to an activating group) is 1.